The lowest BCUT2D eigenvalue weighted by Crippen LogP contribution is -2.45. The van der Waals surface area contributed by atoms with Gasteiger partial charge in [0.2, 0.25) is 5.95 Å². The van der Waals surface area contributed by atoms with Crippen LogP contribution in [0.1, 0.15) is 15.9 Å². The largest absolute Gasteiger partial charge is 0.480 e. The summed E-state index contributed by atoms with van der Waals surface area (Å²) in [4.78, 5) is 38.3. The second kappa shape index (κ2) is 10.9. The predicted octanol–water partition coefficient (Wildman–Crippen LogP) is 3.06. The third kappa shape index (κ3) is 5.57. The Bertz CT molecular complexity index is 1450. The van der Waals surface area contributed by atoms with Crippen LogP contribution in [0.4, 0.5) is 11.8 Å². The van der Waals surface area contributed by atoms with Crippen molar-refractivity contribution >= 4 is 34.5 Å². The molecule has 0 bridgehead atoms. The summed E-state index contributed by atoms with van der Waals surface area (Å²) in [6.45, 7) is 3.46. The molecule has 1 fully saturated rings. The Morgan fingerprint density at radius 2 is 1.63 bits per heavy atom. The van der Waals surface area contributed by atoms with Crippen LogP contribution >= 0.6 is 0 Å². The van der Waals surface area contributed by atoms with Gasteiger partial charge in [0.15, 0.2) is 0 Å². The fourth-order valence-electron chi connectivity index (χ4n) is 4.67. The zero-order valence-corrected chi connectivity index (χ0v) is 21.2. The van der Waals surface area contributed by atoms with Gasteiger partial charge < -0.3 is 26.0 Å². The molecule has 1 aliphatic rings. The van der Waals surface area contributed by atoms with Crippen molar-refractivity contribution in [2.24, 2.45) is 0 Å². The van der Waals surface area contributed by atoms with Crippen molar-refractivity contribution in [1.82, 2.24) is 20.2 Å². The topological polar surface area (TPSA) is 125 Å². The van der Waals surface area contributed by atoms with Crippen LogP contribution in [0.3, 0.4) is 0 Å². The monoisotopic (exact) mass is 510 g/mol. The average molecular weight is 511 g/mol. The highest BCUT2D eigenvalue weighted by Gasteiger charge is 2.23. The molecule has 1 saturated heterocycles. The SMILES string of the molecule is CN1CCN(c2nc(N)nc3cc(C(=O)N[C@@H](Cc4ccc(-c5ccccc5)cc4)C(=O)O)ccc23)CC1. The van der Waals surface area contributed by atoms with Gasteiger partial charge in [-0.2, -0.15) is 4.98 Å². The zero-order chi connectivity index (χ0) is 26.6. The summed E-state index contributed by atoms with van der Waals surface area (Å²) in [6, 6.07) is 21.7. The minimum absolute atomic E-state index is 0.131. The molecule has 4 aromatic rings. The second-order valence-corrected chi connectivity index (χ2v) is 9.56. The van der Waals surface area contributed by atoms with Gasteiger partial charge in [-0.25, -0.2) is 9.78 Å². The third-order valence-corrected chi connectivity index (χ3v) is 6.86. The van der Waals surface area contributed by atoms with Crippen molar-refractivity contribution in [3.63, 3.8) is 0 Å². The van der Waals surface area contributed by atoms with Gasteiger partial charge in [0.1, 0.15) is 11.9 Å². The number of amides is 1. The summed E-state index contributed by atoms with van der Waals surface area (Å²) in [5, 5.41) is 13.3. The van der Waals surface area contributed by atoms with E-state index in [0.717, 1.165) is 54.1 Å². The number of likely N-dealkylation sites (N-methyl/N-ethyl adjacent to an activating group) is 1. The van der Waals surface area contributed by atoms with E-state index in [1.165, 1.54) is 0 Å². The van der Waals surface area contributed by atoms with E-state index in [4.69, 9.17) is 5.73 Å². The predicted molar refractivity (Wildman–Crippen MR) is 148 cm³/mol. The molecule has 3 aromatic carbocycles. The molecule has 9 heteroatoms. The minimum atomic E-state index is -1.10. The number of nitrogens with two attached hydrogens (primary N) is 1. The van der Waals surface area contributed by atoms with E-state index in [1.54, 1.807) is 18.2 Å². The van der Waals surface area contributed by atoms with Crippen LogP contribution in [0.2, 0.25) is 0 Å². The highest BCUT2D eigenvalue weighted by atomic mass is 16.4. The third-order valence-electron chi connectivity index (χ3n) is 6.86. The summed E-state index contributed by atoms with van der Waals surface area (Å²) in [5.41, 5.74) is 9.79. The Hall–Kier alpha value is -4.50. The molecule has 0 spiro atoms. The van der Waals surface area contributed by atoms with Crippen molar-refractivity contribution in [3.05, 3.63) is 83.9 Å². The number of aliphatic carboxylic acids is 1. The fraction of sp³-hybridized carbons (Fsp3) is 0.241. The smallest absolute Gasteiger partial charge is 0.326 e. The van der Waals surface area contributed by atoms with Gasteiger partial charge in [0, 0.05) is 43.5 Å². The molecule has 1 aromatic heterocycles. The number of benzene rings is 3. The maximum atomic E-state index is 13.1. The maximum absolute atomic E-state index is 13.1. The first-order valence-corrected chi connectivity index (χ1v) is 12.6. The fourth-order valence-corrected chi connectivity index (χ4v) is 4.67. The number of nitrogen functional groups attached to an aromatic ring is 1. The molecule has 38 heavy (non-hydrogen) atoms. The van der Waals surface area contributed by atoms with Crippen molar-refractivity contribution in [3.8, 4) is 11.1 Å². The maximum Gasteiger partial charge on any atom is 0.326 e. The van der Waals surface area contributed by atoms with Crippen LogP contribution in [-0.4, -0.2) is 71.1 Å². The summed E-state index contributed by atoms with van der Waals surface area (Å²) < 4.78 is 0. The Kier molecular flexibility index (Phi) is 7.19. The number of carbonyl (C=O) groups excluding carboxylic acids is 1. The minimum Gasteiger partial charge on any atom is -0.480 e. The number of hydrogen-bond acceptors (Lipinski definition) is 7. The highest BCUT2D eigenvalue weighted by molar-refractivity contribution is 6.01. The van der Waals surface area contributed by atoms with E-state index >= 15 is 0 Å². The number of carbonyl (C=O) groups is 2. The molecule has 4 N–H and O–H groups in total. The number of piperazine rings is 1. The Labute approximate surface area is 220 Å². The molecule has 194 valence electrons. The molecular weight excluding hydrogens is 480 g/mol. The van der Waals surface area contributed by atoms with Gasteiger partial charge in [-0.05, 0) is 41.9 Å². The molecule has 1 aliphatic heterocycles. The number of fused-ring (bicyclic) bond motifs is 1. The second-order valence-electron chi connectivity index (χ2n) is 9.56. The van der Waals surface area contributed by atoms with Crippen LogP contribution in [0.25, 0.3) is 22.0 Å². The van der Waals surface area contributed by atoms with Crippen molar-refractivity contribution < 1.29 is 14.7 Å². The van der Waals surface area contributed by atoms with E-state index in [0.29, 0.717) is 11.1 Å². The van der Waals surface area contributed by atoms with E-state index in [2.05, 4.69) is 32.1 Å². The first-order valence-electron chi connectivity index (χ1n) is 12.6. The van der Waals surface area contributed by atoms with Crippen LogP contribution < -0.4 is 16.0 Å². The number of carboxylic acids is 1. The molecule has 0 saturated carbocycles. The molecular formula is C29H30N6O3. The van der Waals surface area contributed by atoms with Crippen LogP contribution in [0.5, 0.6) is 0 Å². The van der Waals surface area contributed by atoms with Crippen LogP contribution in [0.15, 0.2) is 72.8 Å². The van der Waals surface area contributed by atoms with Crippen LogP contribution in [0, 0.1) is 0 Å². The Balaban J connectivity index is 1.32. The Morgan fingerprint density at radius 1 is 0.947 bits per heavy atom. The summed E-state index contributed by atoms with van der Waals surface area (Å²) in [7, 11) is 2.08. The normalized spacial score (nSPS) is 14.8. The lowest BCUT2D eigenvalue weighted by molar-refractivity contribution is -0.139. The number of anilines is 2. The van der Waals surface area contributed by atoms with E-state index in [9.17, 15) is 14.7 Å². The summed E-state index contributed by atoms with van der Waals surface area (Å²) >= 11 is 0. The first kappa shape index (κ1) is 25.2. The van der Waals surface area contributed by atoms with Crippen molar-refractivity contribution in [1.29, 1.82) is 0 Å². The lowest BCUT2D eigenvalue weighted by atomic mass is 10.0. The molecule has 0 radical (unpaired) electrons. The number of hydrogen-bond donors (Lipinski definition) is 3. The molecule has 9 nitrogen and oxygen atoms in total. The Morgan fingerprint density at radius 3 is 2.32 bits per heavy atom. The number of rotatable bonds is 7. The quantitative estimate of drug-likeness (QED) is 0.347. The van der Waals surface area contributed by atoms with Gasteiger partial charge >= 0.3 is 5.97 Å². The van der Waals surface area contributed by atoms with Gasteiger partial charge in [-0.15, -0.1) is 0 Å². The number of aromatic nitrogens is 2. The zero-order valence-electron chi connectivity index (χ0n) is 21.2. The van der Waals surface area contributed by atoms with Crippen LogP contribution in [-0.2, 0) is 11.2 Å². The summed E-state index contributed by atoms with van der Waals surface area (Å²) in [5.74, 6) is -0.713. The molecule has 2 heterocycles. The first-order chi connectivity index (χ1) is 18.4. The molecule has 5 rings (SSSR count). The summed E-state index contributed by atoms with van der Waals surface area (Å²) in [6.07, 6.45) is 0.159. The van der Waals surface area contributed by atoms with Gasteiger partial charge in [0.05, 0.1) is 5.52 Å². The number of nitrogens with zero attached hydrogens (tertiary/aromatic N) is 4. The van der Waals surface area contributed by atoms with Crippen molar-refractivity contribution in [2.45, 2.75) is 12.5 Å². The molecule has 1 amide bonds. The standard InChI is InChI=1S/C29H30N6O3/c1-34-13-15-35(16-14-34)26-23-12-11-22(18-24(23)32-29(30)33-26)27(36)31-25(28(37)38)17-19-7-9-21(10-8-19)20-5-3-2-4-6-20/h2-12,18,25H,13-17H2,1H3,(H,31,36)(H,37,38)(H2,30,32,33)/t25-/m0/s1. The molecule has 0 aliphatic carbocycles. The average Bonchev–Trinajstić information content (AvgIpc) is 2.93. The lowest BCUT2D eigenvalue weighted by Gasteiger charge is -2.33. The molecule has 1 atom stereocenters. The van der Waals surface area contributed by atoms with E-state index < -0.39 is 17.9 Å². The molecule has 0 unspecified atom stereocenters. The number of carboxylic acid groups (broad SMARTS) is 1. The van der Waals surface area contributed by atoms with Gasteiger partial charge in [-0.1, -0.05) is 54.6 Å². The van der Waals surface area contributed by atoms with Gasteiger partial charge in [0.25, 0.3) is 5.91 Å². The van der Waals surface area contributed by atoms with E-state index in [-0.39, 0.29) is 12.4 Å². The van der Waals surface area contributed by atoms with Crippen molar-refractivity contribution in [2.75, 3.05) is 43.9 Å². The number of nitrogens with one attached hydrogen (secondary N) is 1. The van der Waals surface area contributed by atoms with Gasteiger partial charge in [-0.3, -0.25) is 4.79 Å². The van der Waals surface area contributed by atoms with E-state index in [1.807, 2.05) is 54.6 Å². The highest BCUT2D eigenvalue weighted by Crippen LogP contribution is 2.27.